The molecule has 4 rings (SSSR count). The van der Waals surface area contributed by atoms with Crippen LogP contribution in [0.1, 0.15) is 32.5 Å². The lowest BCUT2D eigenvalue weighted by Gasteiger charge is -2.24. The highest BCUT2D eigenvalue weighted by molar-refractivity contribution is 7.15. The van der Waals surface area contributed by atoms with Crippen molar-refractivity contribution in [1.29, 1.82) is 0 Å². The number of fused-ring (bicyclic) bond motifs is 1. The molecule has 0 unspecified atom stereocenters. The molecule has 1 aromatic heterocycles. The number of rotatable bonds is 4. The van der Waals surface area contributed by atoms with E-state index in [0.717, 1.165) is 21.8 Å². The summed E-state index contributed by atoms with van der Waals surface area (Å²) in [5.41, 5.74) is 2.06. The molecule has 1 amide bonds. The zero-order valence-corrected chi connectivity index (χ0v) is 15.7. The Morgan fingerprint density at radius 2 is 2.04 bits per heavy atom. The Morgan fingerprint density at radius 3 is 2.75 bits per heavy atom. The standard InChI is InChI=1S/C21H16FNO4S/c1-27-14-7-3-4-11(9-14)15-10-16(24)23-18-17(12-5-2-6-13(22)8-12)20(21(25)26)28-19(15)18/h2-9,15H,10H2,1H3,(H,23,24)(H,25,26)/t15-/m1/s1. The van der Waals surface area contributed by atoms with E-state index >= 15 is 0 Å². The minimum atomic E-state index is -1.11. The van der Waals surface area contributed by atoms with Crippen LogP contribution in [-0.4, -0.2) is 24.1 Å². The number of benzene rings is 2. The number of methoxy groups -OCH3 is 1. The Hall–Kier alpha value is -3.19. The van der Waals surface area contributed by atoms with Crippen LogP contribution >= 0.6 is 11.3 Å². The molecule has 7 heteroatoms. The van der Waals surface area contributed by atoms with Gasteiger partial charge < -0.3 is 15.2 Å². The van der Waals surface area contributed by atoms with E-state index in [2.05, 4.69) is 5.32 Å². The average molecular weight is 397 g/mol. The van der Waals surface area contributed by atoms with Crippen molar-refractivity contribution in [3.05, 3.63) is 69.7 Å². The fraction of sp³-hybridized carbons (Fsp3) is 0.143. The van der Waals surface area contributed by atoms with Gasteiger partial charge in [0.25, 0.3) is 0 Å². The highest BCUT2D eigenvalue weighted by atomic mass is 32.1. The first kappa shape index (κ1) is 18.2. The lowest BCUT2D eigenvalue weighted by atomic mass is 9.88. The van der Waals surface area contributed by atoms with Crippen LogP contribution in [-0.2, 0) is 4.79 Å². The van der Waals surface area contributed by atoms with Crippen molar-refractivity contribution in [3.63, 3.8) is 0 Å². The number of ether oxygens (including phenoxy) is 1. The van der Waals surface area contributed by atoms with Gasteiger partial charge in [0.05, 0.1) is 12.8 Å². The molecule has 0 fully saturated rings. The molecule has 2 N–H and O–H groups in total. The first-order chi connectivity index (χ1) is 13.5. The summed E-state index contributed by atoms with van der Waals surface area (Å²) in [6.45, 7) is 0. The smallest absolute Gasteiger partial charge is 0.346 e. The lowest BCUT2D eigenvalue weighted by Crippen LogP contribution is -2.22. The summed E-state index contributed by atoms with van der Waals surface area (Å²) in [7, 11) is 1.56. The fourth-order valence-corrected chi connectivity index (χ4v) is 4.73. The summed E-state index contributed by atoms with van der Waals surface area (Å²) in [6.07, 6.45) is 0.197. The molecule has 0 aliphatic carbocycles. The van der Waals surface area contributed by atoms with Gasteiger partial charge in [-0.1, -0.05) is 24.3 Å². The zero-order valence-electron chi connectivity index (χ0n) is 14.9. The van der Waals surface area contributed by atoms with Gasteiger partial charge in [0.1, 0.15) is 16.4 Å². The number of halogens is 1. The Labute approximate surface area is 164 Å². The molecule has 3 aromatic rings. The maximum atomic E-state index is 13.8. The Morgan fingerprint density at radius 1 is 1.25 bits per heavy atom. The van der Waals surface area contributed by atoms with Gasteiger partial charge in [0.15, 0.2) is 0 Å². The molecule has 1 aliphatic heterocycles. The van der Waals surface area contributed by atoms with E-state index < -0.39 is 11.8 Å². The monoisotopic (exact) mass is 397 g/mol. The molecular formula is C21H16FNO4S. The van der Waals surface area contributed by atoms with Crippen molar-refractivity contribution in [1.82, 2.24) is 0 Å². The molecule has 2 aromatic carbocycles. The zero-order chi connectivity index (χ0) is 19.8. The van der Waals surface area contributed by atoms with E-state index in [9.17, 15) is 19.1 Å². The topological polar surface area (TPSA) is 75.6 Å². The number of carbonyl (C=O) groups is 2. The minimum absolute atomic E-state index is 0.0747. The second-order valence-corrected chi connectivity index (χ2v) is 7.49. The van der Waals surface area contributed by atoms with Crippen molar-refractivity contribution in [3.8, 4) is 16.9 Å². The van der Waals surface area contributed by atoms with Gasteiger partial charge in [0.2, 0.25) is 5.91 Å². The van der Waals surface area contributed by atoms with Crippen LogP contribution < -0.4 is 10.1 Å². The van der Waals surface area contributed by atoms with Gasteiger partial charge in [-0.25, -0.2) is 9.18 Å². The first-order valence-corrected chi connectivity index (χ1v) is 9.39. The van der Waals surface area contributed by atoms with Crippen LogP contribution in [0.25, 0.3) is 11.1 Å². The molecule has 1 atom stereocenters. The first-order valence-electron chi connectivity index (χ1n) is 8.57. The summed E-state index contributed by atoms with van der Waals surface area (Å²) < 4.78 is 19.1. The largest absolute Gasteiger partial charge is 0.497 e. The van der Waals surface area contributed by atoms with Gasteiger partial charge in [-0.05, 0) is 35.4 Å². The van der Waals surface area contributed by atoms with Gasteiger partial charge in [-0.2, -0.15) is 0 Å². The van der Waals surface area contributed by atoms with Crippen LogP contribution in [0.4, 0.5) is 10.1 Å². The van der Waals surface area contributed by atoms with E-state index in [-0.39, 0.29) is 23.1 Å². The molecule has 0 saturated carbocycles. The molecular weight excluding hydrogens is 381 g/mol. The second kappa shape index (κ2) is 7.09. The number of hydrogen-bond donors (Lipinski definition) is 2. The maximum absolute atomic E-state index is 13.8. The third kappa shape index (κ3) is 3.14. The number of hydrogen-bond acceptors (Lipinski definition) is 4. The number of amides is 1. The van der Waals surface area contributed by atoms with E-state index in [1.807, 2.05) is 24.3 Å². The fourth-order valence-electron chi connectivity index (χ4n) is 3.48. The number of anilines is 1. The van der Waals surface area contributed by atoms with Gasteiger partial charge in [-0.15, -0.1) is 11.3 Å². The third-order valence-electron chi connectivity index (χ3n) is 4.71. The number of aromatic carboxylic acids is 1. The predicted molar refractivity (Wildman–Crippen MR) is 105 cm³/mol. The average Bonchev–Trinajstić information content (AvgIpc) is 3.07. The molecule has 2 heterocycles. The van der Waals surface area contributed by atoms with Crippen molar-refractivity contribution >= 4 is 28.9 Å². The second-order valence-electron chi connectivity index (χ2n) is 6.44. The van der Waals surface area contributed by atoms with Gasteiger partial charge in [-0.3, -0.25) is 4.79 Å². The third-order valence-corrected chi connectivity index (χ3v) is 6.00. The summed E-state index contributed by atoms with van der Waals surface area (Å²) in [5.74, 6) is -1.44. The number of carbonyl (C=O) groups excluding carboxylic acids is 1. The van der Waals surface area contributed by atoms with Gasteiger partial charge in [0, 0.05) is 22.8 Å². The molecule has 28 heavy (non-hydrogen) atoms. The molecule has 0 radical (unpaired) electrons. The van der Waals surface area contributed by atoms with Crippen LogP contribution in [0.15, 0.2) is 48.5 Å². The van der Waals surface area contributed by atoms with Crippen LogP contribution in [0, 0.1) is 5.82 Å². The van der Waals surface area contributed by atoms with Crippen molar-refractivity contribution in [2.45, 2.75) is 12.3 Å². The molecule has 5 nitrogen and oxygen atoms in total. The molecule has 0 spiro atoms. The highest BCUT2D eigenvalue weighted by Gasteiger charge is 2.34. The van der Waals surface area contributed by atoms with Crippen LogP contribution in [0.2, 0.25) is 0 Å². The number of carboxylic acid groups (broad SMARTS) is 1. The maximum Gasteiger partial charge on any atom is 0.346 e. The number of thiophene rings is 1. The van der Waals surface area contributed by atoms with Crippen molar-refractivity contribution in [2.75, 3.05) is 12.4 Å². The normalized spacial score (nSPS) is 15.6. The number of carboxylic acids is 1. The Balaban J connectivity index is 1.93. The quantitative estimate of drug-likeness (QED) is 0.667. The van der Waals surface area contributed by atoms with E-state index in [0.29, 0.717) is 22.6 Å². The molecule has 1 aliphatic rings. The summed E-state index contributed by atoms with van der Waals surface area (Å²) in [4.78, 5) is 25.2. The Bertz CT molecular complexity index is 1090. The van der Waals surface area contributed by atoms with E-state index in [1.165, 1.54) is 18.2 Å². The molecule has 0 saturated heterocycles. The van der Waals surface area contributed by atoms with Crippen molar-refractivity contribution in [2.24, 2.45) is 0 Å². The SMILES string of the molecule is COc1cccc([C@H]2CC(=O)Nc3c2sc(C(=O)O)c3-c2cccc(F)c2)c1. The Kier molecular flexibility index (Phi) is 4.60. The van der Waals surface area contributed by atoms with E-state index in [1.54, 1.807) is 13.2 Å². The lowest BCUT2D eigenvalue weighted by molar-refractivity contribution is -0.116. The van der Waals surface area contributed by atoms with E-state index in [4.69, 9.17) is 4.74 Å². The summed E-state index contributed by atoms with van der Waals surface area (Å²) in [6, 6.07) is 13.1. The minimum Gasteiger partial charge on any atom is -0.497 e. The van der Waals surface area contributed by atoms with Crippen LogP contribution in [0.3, 0.4) is 0 Å². The predicted octanol–water partition coefficient (Wildman–Crippen LogP) is 4.74. The molecule has 0 bridgehead atoms. The summed E-state index contributed by atoms with van der Waals surface area (Å²) in [5, 5.41) is 12.5. The van der Waals surface area contributed by atoms with Crippen LogP contribution in [0.5, 0.6) is 5.75 Å². The molecule has 142 valence electrons. The summed E-state index contributed by atoms with van der Waals surface area (Å²) >= 11 is 1.11. The highest BCUT2D eigenvalue weighted by Crippen LogP contribution is 2.49. The number of nitrogens with one attached hydrogen (secondary N) is 1. The van der Waals surface area contributed by atoms with Gasteiger partial charge >= 0.3 is 5.97 Å². The van der Waals surface area contributed by atoms with Crippen molar-refractivity contribution < 1.29 is 23.8 Å².